The predicted octanol–water partition coefficient (Wildman–Crippen LogP) is 2.37. The molecule has 0 spiro atoms. The largest absolute Gasteiger partial charge is 0.383 e. The van der Waals surface area contributed by atoms with Gasteiger partial charge in [-0.3, -0.25) is 4.79 Å². The minimum absolute atomic E-state index is 0.0604. The Morgan fingerprint density at radius 1 is 1.72 bits per heavy atom. The van der Waals surface area contributed by atoms with Gasteiger partial charge in [0.15, 0.2) is 0 Å². The zero-order valence-electron chi connectivity index (χ0n) is 10.3. The molecule has 1 aromatic rings. The first-order chi connectivity index (χ1) is 8.72. The zero-order valence-corrected chi connectivity index (χ0v) is 12.7. The molecule has 1 fully saturated rings. The van der Waals surface area contributed by atoms with Gasteiger partial charge in [-0.15, -0.1) is 0 Å². The van der Waals surface area contributed by atoms with Crippen LogP contribution >= 0.6 is 27.7 Å². The quantitative estimate of drug-likeness (QED) is 0.900. The smallest absolute Gasteiger partial charge is 0.270 e. The van der Waals surface area contributed by atoms with Gasteiger partial charge in [-0.05, 0) is 34.2 Å². The number of ether oxygens (including phenoxy) is 1. The van der Waals surface area contributed by atoms with Crippen molar-refractivity contribution in [2.45, 2.75) is 12.5 Å². The van der Waals surface area contributed by atoms with Crippen LogP contribution in [0, 0.1) is 0 Å². The highest BCUT2D eigenvalue weighted by atomic mass is 79.9. The summed E-state index contributed by atoms with van der Waals surface area (Å²) in [6.45, 7) is 1.23. The highest BCUT2D eigenvalue weighted by Gasteiger charge is 2.28. The average molecular weight is 333 g/mol. The normalized spacial score (nSPS) is 19.1. The number of rotatable bonds is 5. The summed E-state index contributed by atoms with van der Waals surface area (Å²) in [6, 6.07) is 2.16. The summed E-state index contributed by atoms with van der Waals surface area (Å²) in [5, 5.41) is 0. The van der Waals surface area contributed by atoms with E-state index in [1.54, 1.807) is 13.3 Å². The van der Waals surface area contributed by atoms with Crippen LogP contribution in [0.1, 0.15) is 16.9 Å². The Morgan fingerprint density at radius 2 is 2.56 bits per heavy atom. The number of hydrogen-bond donors (Lipinski definition) is 1. The summed E-state index contributed by atoms with van der Waals surface area (Å²) in [6.07, 6.45) is 2.85. The first kappa shape index (κ1) is 14.0. The van der Waals surface area contributed by atoms with E-state index in [1.807, 2.05) is 22.7 Å². The second-order valence-corrected chi connectivity index (χ2v) is 6.31. The molecule has 0 aliphatic carbocycles. The van der Waals surface area contributed by atoms with Crippen molar-refractivity contribution in [2.75, 3.05) is 31.8 Å². The summed E-state index contributed by atoms with van der Waals surface area (Å²) in [5.74, 6) is 2.22. The molecule has 1 amide bonds. The highest BCUT2D eigenvalue weighted by molar-refractivity contribution is 9.10. The van der Waals surface area contributed by atoms with Gasteiger partial charge in [-0.2, -0.15) is 11.8 Å². The van der Waals surface area contributed by atoms with Crippen LogP contribution in [0.2, 0.25) is 0 Å². The van der Waals surface area contributed by atoms with Crippen molar-refractivity contribution in [2.24, 2.45) is 0 Å². The molecule has 1 saturated heterocycles. The van der Waals surface area contributed by atoms with E-state index in [4.69, 9.17) is 4.74 Å². The average Bonchev–Trinajstić information content (AvgIpc) is 3.00. The van der Waals surface area contributed by atoms with E-state index in [1.165, 1.54) is 0 Å². The van der Waals surface area contributed by atoms with Crippen LogP contribution in [0.25, 0.3) is 0 Å². The molecule has 0 bridgehead atoms. The number of H-pyrrole nitrogens is 1. The molecule has 100 valence electrons. The molecule has 2 rings (SSSR count). The van der Waals surface area contributed by atoms with Gasteiger partial charge in [0.2, 0.25) is 0 Å². The van der Waals surface area contributed by atoms with E-state index in [0.29, 0.717) is 24.9 Å². The fourth-order valence-electron chi connectivity index (χ4n) is 2.05. The molecule has 1 aliphatic heterocycles. The van der Waals surface area contributed by atoms with Crippen LogP contribution in [-0.4, -0.2) is 53.6 Å². The van der Waals surface area contributed by atoms with E-state index >= 15 is 0 Å². The highest BCUT2D eigenvalue weighted by Crippen LogP contribution is 2.24. The van der Waals surface area contributed by atoms with Crippen LogP contribution in [-0.2, 0) is 4.74 Å². The number of halogens is 1. The minimum Gasteiger partial charge on any atom is -0.383 e. The van der Waals surface area contributed by atoms with Gasteiger partial charge in [-0.1, -0.05) is 0 Å². The summed E-state index contributed by atoms with van der Waals surface area (Å²) >= 11 is 5.26. The Bertz CT molecular complexity index is 405. The lowest BCUT2D eigenvalue weighted by atomic mass is 10.2. The maximum atomic E-state index is 12.5. The summed E-state index contributed by atoms with van der Waals surface area (Å²) in [5.41, 5.74) is 0.634. The standard InChI is InChI=1S/C12H17BrN2O2S/c1-17-4-3-15(10-2-5-18-8-10)12(16)11-6-9(13)7-14-11/h6-7,10,14H,2-5,8H2,1H3. The molecular formula is C12H17BrN2O2S. The number of amides is 1. The lowest BCUT2D eigenvalue weighted by Crippen LogP contribution is -2.42. The van der Waals surface area contributed by atoms with Crippen molar-refractivity contribution in [3.63, 3.8) is 0 Å². The van der Waals surface area contributed by atoms with Gasteiger partial charge in [0.1, 0.15) is 5.69 Å². The van der Waals surface area contributed by atoms with E-state index < -0.39 is 0 Å². The number of aromatic nitrogens is 1. The van der Waals surface area contributed by atoms with Gasteiger partial charge < -0.3 is 14.6 Å². The molecule has 1 aromatic heterocycles. The number of nitrogens with one attached hydrogen (secondary N) is 1. The second-order valence-electron chi connectivity index (χ2n) is 4.24. The number of carbonyl (C=O) groups is 1. The molecule has 0 aromatic carbocycles. The molecule has 0 radical (unpaired) electrons. The van der Waals surface area contributed by atoms with Crippen molar-refractivity contribution in [1.29, 1.82) is 0 Å². The van der Waals surface area contributed by atoms with Crippen molar-refractivity contribution in [1.82, 2.24) is 9.88 Å². The molecule has 18 heavy (non-hydrogen) atoms. The molecule has 1 unspecified atom stereocenters. The third kappa shape index (κ3) is 3.30. The first-order valence-corrected chi connectivity index (χ1v) is 7.88. The number of thioether (sulfide) groups is 1. The van der Waals surface area contributed by atoms with Crippen LogP contribution in [0.4, 0.5) is 0 Å². The molecule has 1 N–H and O–H groups in total. The SMILES string of the molecule is COCCN(C(=O)c1cc(Br)c[nH]1)C1CCSC1. The van der Waals surface area contributed by atoms with Crippen molar-refractivity contribution >= 4 is 33.6 Å². The van der Waals surface area contributed by atoms with Gasteiger partial charge in [0.25, 0.3) is 5.91 Å². The molecule has 1 atom stereocenters. The molecule has 0 saturated carbocycles. The van der Waals surface area contributed by atoms with Gasteiger partial charge in [0.05, 0.1) is 6.61 Å². The van der Waals surface area contributed by atoms with Gasteiger partial charge in [-0.25, -0.2) is 0 Å². The molecule has 4 nitrogen and oxygen atoms in total. The Morgan fingerprint density at radius 3 is 3.11 bits per heavy atom. The fraction of sp³-hybridized carbons (Fsp3) is 0.583. The van der Waals surface area contributed by atoms with Gasteiger partial charge in [0, 0.05) is 36.1 Å². The lowest BCUT2D eigenvalue weighted by molar-refractivity contribution is 0.0619. The fourth-order valence-corrected chi connectivity index (χ4v) is 3.62. The monoisotopic (exact) mass is 332 g/mol. The van der Waals surface area contributed by atoms with Crippen molar-refractivity contribution < 1.29 is 9.53 Å². The Labute approximate surface area is 120 Å². The van der Waals surface area contributed by atoms with E-state index in [-0.39, 0.29) is 5.91 Å². The molecule has 2 heterocycles. The summed E-state index contributed by atoms with van der Waals surface area (Å²) in [7, 11) is 1.66. The maximum Gasteiger partial charge on any atom is 0.270 e. The van der Waals surface area contributed by atoms with E-state index in [9.17, 15) is 4.79 Å². The van der Waals surface area contributed by atoms with E-state index in [2.05, 4.69) is 20.9 Å². The Balaban J connectivity index is 2.09. The minimum atomic E-state index is 0.0604. The number of nitrogens with zero attached hydrogens (tertiary/aromatic N) is 1. The molecule has 6 heteroatoms. The number of aromatic amines is 1. The number of hydrogen-bond acceptors (Lipinski definition) is 3. The predicted molar refractivity (Wildman–Crippen MR) is 77.1 cm³/mol. The van der Waals surface area contributed by atoms with Crippen LogP contribution in [0.3, 0.4) is 0 Å². The number of carbonyl (C=O) groups excluding carboxylic acids is 1. The molecule has 1 aliphatic rings. The van der Waals surface area contributed by atoms with Gasteiger partial charge >= 0.3 is 0 Å². The summed E-state index contributed by atoms with van der Waals surface area (Å²) in [4.78, 5) is 17.4. The summed E-state index contributed by atoms with van der Waals surface area (Å²) < 4.78 is 6.00. The maximum absolute atomic E-state index is 12.5. The third-order valence-electron chi connectivity index (χ3n) is 3.02. The van der Waals surface area contributed by atoms with Crippen molar-refractivity contribution in [3.8, 4) is 0 Å². The lowest BCUT2D eigenvalue weighted by Gasteiger charge is -2.27. The Hall–Kier alpha value is -0.460. The van der Waals surface area contributed by atoms with Crippen LogP contribution < -0.4 is 0 Å². The first-order valence-electron chi connectivity index (χ1n) is 5.94. The topological polar surface area (TPSA) is 45.3 Å². The van der Waals surface area contributed by atoms with Crippen LogP contribution in [0.5, 0.6) is 0 Å². The zero-order chi connectivity index (χ0) is 13.0. The van der Waals surface area contributed by atoms with Crippen LogP contribution in [0.15, 0.2) is 16.7 Å². The Kier molecular flexibility index (Phi) is 5.14. The number of methoxy groups -OCH3 is 1. The second kappa shape index (κ2) is 6.63. The third-order valence-corrected chi connectivity index (χ3v) is 4.62. The molecular weight excluding hydrogens is 316 g/mol. The van der Waals surface area contributed by atoms with Crippen molar-refractivity contribution in [3.05, 3.63) is 22.4 Å². The van der Waals surface area contributed by atoms with E-state index in [0.717, 1.165) is 22.4 Å².